The molecular weight excluding hydrogens is 260 g/mol. The number of nitrogens with two attached hydrogens (primary N) is 1. The van der Waals surface area contributed by atoms with E-state index < -0.39 is 0 Å². The smallest absolute Gasteiger partial charge is 0.226 e. The van der Waals surface area contributed by atoms with Gasteiger partial charge in [-0.15, -0.1) is 12.4 Å². The lowest BCUT2D eigenvalue weighted by Gasteiger charge is -2.41. The van der Waals surface area contributed by atoms with E-state index in [9.17, 15) is 4.79 Å². The zero-order chi connectivity index (χ0) is 13.0. The molecule has 0 aliphatic heterocycles. The first kappa shape index (κ1) is 16.0. The Morgan fingerprint density at radius 1 is 1.37 bits per heavy atom. The molecule has 0 radical (unpaired) electrons. The summed E-state index contributed by atoms with van der Waals surface area (Å²) in [5.74, 6) is 0.176. The Kier molecular flexibility index (Phi) is 5.83. The summed E-state index contributed by atoms with van der Waals surface area (Å²) < 4.78 is 0. The first-order valence-corrected chi connectivity index (χ1v) is 6.71. The molecule has 0 saturated heterocycles. The molecular formula is C15H23ClN2O. The fourth-order valence-electron chi connectivity index (χ4n) is 2.51. The van der Waals surface area contributed by atoms with Crippen molar-refractivity contribution in [2.75, 3.05) is 6.54 Å². The van der Waals surface area contributed by atoms with Gasteiger partial charge in [0.2, 0.25) is 5.91 Å². The molecule has 1 aromatic rings. The molecule has 1 atom stereocenters. The van der Waals surface area contributed by atoms with Gasteiger partial charge in [0.05, 0.1) is 5.41 Å². The fourth-order valence-corrected chi connectivity index (χ4v) is 2.51. The summed E-state index contributed by atoms with van der Waals surface area (Å²) in [6.45, 7) is 2.44. The van der Waals surface area contributed by atoms with E-state index in [-0.39, 0.29) is 29.8 Å². The maximum Gasteiger partial charge on any atom is 0.226 e. The van der Waals surface area contributed by atoms with Crippen molar-refractivity contribution >= 4 is 18.3 Å². The predicted octanol–water partition coefficient (Wildman–Crippen LogP) is 2.28. The van der Waals surface area contributed by atoms with Gasteiger partial charge in [0.15, 0.2) is 0 Å². The van der Waals surface area contributed by atoms with Gasteiger partial charge < -0.3 is 11.1 Å². The van der Waals surface area contributed by atoms with Crippen molar-refractivity contribution in [3.8, 4) is 0 Å². The third-order valence-corrected chi connectivity index (χ3v) is 3.91. The zero-order valence-electron chi connectivity index (χ0n) is 11.4. The van der Waals surface area contributed by atoms with Crippen molar-refractivity contribution in [2.24, 2.45) is 11.1 Å². The number of rotatable bonds is 5. The summed E-state index contributed by atoms with van der Waals surface area (Å²) in [6.07, 6.45) is 3.98. The van der Waals surface area contributed by atoms with Crippen LogP contribution in [0.1, 0.15) is 31.7 Å². The summed E-state index contributed by atoms with van der Waals surface area (Å²) >= 11 is 0. The second kappa shape index (κ2) is 6.92. The molecule has 2 rings (SSSR count). The molecule has 0 bridgehead atoms. The molecule has 1 aromatic carbocycles. The SMILES string of the molecule is C[C@@H](CN)NC(=O)C1(Cc2ccccc2)CCC1.Cl. The highest BCUT2D eigenvalue weighted by atomic mass is 35.5. The molecule has 4 heteroatoms. The Bertz CT molecular complexity index is 404. The number of carbonyl (C=O) groups is 1. The maximum absolute atomic E-state index is 12.4. The Morgan fingerprint density at radius 3 is 2.47 bits per heavy atom. The van der Waals surface area contributed by atoms with Crippen molar-refractivity contribution in [3.63, 3.8) is 0 Å². The lowest BCUT2D eigenvalue weighted by Crippen LogP contribution is -2.51. The van der Waals surface area contributed by atoms with Crippen molar-refractivity contribution < 1.29 is 4.79 Å². The van der Waals surface area contributed by atoms with Crippen LogP contribution in [-0.4, -0.2) is 18.5 Å². The van der Waals surface area contributed by atoms with Crippen LogP contribution >= 0.6 is 12.4 Å². The second-order valence-corrected chi connectivity index (χ2v) is 5.41. The molecule has 1 amide bonds. The van der Waals surface area contributed by atoms with Gasteiger partial charge in [-0.2, -0.15) is 0 Å². The van der Waals surface area contributed by atoms with E-state index in [0.717, 1.165) is 25.7 Å². The van der Waals surface area contributed by atoms with E-state index in [0.29, 0.717) is 6.54 Å². The van der Waals surface area contributed by atoms with Crippen LogP contribution in [-0.2, 0) is 11.2 Å². The number of halogens is 1. The number of amides is 1. The molecule has 0 aromatic heterocycles. The molecule has 3 N–H and O–H groups in total. The summed E-state index contributed by atoms with van der Waals surface area (Å²) in [6, 6.07) is 10.3. The molecule has 0 heterocycles. The Morgan fingerprint density at radius 2 is 2.00 bits per heavy atom. The van der Waals surface area contributed by atoms with Crippen LogP contribution in [0, 0.1) is 5.41 Å². The largest absolute Gasteiger partial charge is 0.352 e. The summed E-state index contributed by atoms with van der Waals surface area (Å²) in [5, 5.41) is 3.03. The van der Waals surface area contributed by atoms with Gasteiger partial charge in [0, 0.05) is 12.6 Å². The van der Waals surface area contributed by atoms with Crippen molar-refractivity contribution in [2.45, 2.75) is 38.6 Å². The van der Waals surface area contributed by atoms with Gasteiger partial charge in [0.25, 0.3) is 0 Å². The van der Waals surface area contributed by atoms with Crippen molar-refractivity contribution in [1.29, 1.82) is 0 Å². The van der Waals surface area contributed by atoms with Gasteiger partial charge >= 0.3 is 0 Å². The molecule has 1 saturated carbocycles. The van der Waals surface area contributed by atoms with Crippen molar-refractivity contribution in [1.82, 2.24) is 5.32 Å². The molecule has 0 unspecified atom stereocenters. The first-order chi connectivity index (χ1) is 8.66. The van der Waals surface area contributed by atoms with E-state index in [4.69, 9.17) is 5.73 Å². The fraction of sp³-hybridized carbons (Fsp3) is 0.533. The second-order valence-electron chi connectivity index (χ2n) is 5.41. The monoisotopic (exact) mass is 282 g/mol. The van der Waals surface area contributed by atoms with Crippen LogP contribution in [0.15, 0.2) is 30.3 Å². The van der Waals surface area contributed by atoms with Crippen LogP contribution in [0.4, 0.5) is 0 Å². The Labute approximate surface area is 121 Å². The molecule has 106 valence electrons. The standard InChI is InChI=1S/C15H22N2O.ClH/c1-12(11-16)17-14(18)15(8-5-9-15)10-13-6-3-2-4-7-13;/h2-4,6-7,12H,5,8-11,16H2,1H3,(H,17,18);1H/t12-;/m0./s1. The van der Waals surface area contributed by atoms with Gasteiger partial charge in [-0.05, 0) is 31.7 Å². The summed E-state index contributed by atoms with van der Waals surface area (Å²) in [5.41, 5.74) is 6.61. The van der Waals surface area contributed by atoms with Crippen molar-refractivity contribution in [3.05, 3.63) is 35.9 Å². The van der Waals surface area contributed by atoms with E-state index in [2.05, 4.69) is 17.4 Å². The molecule has 3 nitrogen and oxygen atoms in total. The van der Waals surface area contributed by atoms with Crippen LogP contribution in [0.5, 0.6) is 0 Å². The normalized spacial score (nSPS) is 17.8. The van der Waals surface area contributed by atoms with E-state index >= 15 is 0 Å². The number of nitrogens with one attached hydrogen (secondary N) is 1. The minimum Gasteiger partial charge on any atom is -0.352 e. The number of benzene rings is 1. The van der Waals surface area contributed by atoms with Crippen LogP contribution < -0.4 is 11.1 Å². The highest BCUT2D eigenvalue weighted by Gasteiger charge is 2.44. The predicted molar refractivity (Wildman–Crippen MR) is 80.3 cm³/mol. The highest BCUT2D eigenvalue weighted by Crippen LogP contribution is 2.44. The quantitative estimate of drug-likeness (QED) is 0.871. The lowest BCUT2D eigenvalue weighted by molar-refractivity contribution is -0.136. The van der Waals surface area contributed by atoms with Crippen LogP contribution in [0.3, 0.4) is 0 Å². The average Bonchev–Trinajstić information content (AvgIpc) is 2.34. The zero-order valence-corrected chi connectivity index (χ0v) is 12.2. The van der Waals surface area contributed by atoms with Gasteiger partial charge in [-0.1, -0.05) is 36.8 Å². The minimum atomic E-state index is -0.190. The maximum atomic E-state index is 12.4. The molecule has 1 aliphatic carbocycles. The molecule has 1 aliphatic rings. The summed E-state index contributed by atoms with van der Waals surface area (Å²) in [7, 11) is 0. The minimum absolute atomic E-state index is 0. The number of hydrogen-bond acceptors (Lipinski definition) is 2. The van der Waals surface area contributed by atoms with Gasteiger partial charge in [-0.25, -0.2) is 0 Å². The Balaban J connectivity index is 0.00000180. The van der Waals surface area contributed by atoms with Crippen LogP contribution in [0.25, 0.3) is 0 Å². The molecule has 19 heavy (non-hydrogen) atoms. The molecule has 1 fully saturated rings. The molecule has 0 spiro atoms. The van der Waals surface area contributed by atoms with Gasteiger partial charge in [-0.3, -0.25) is 4.79 Å². The summed E-state index contributed by atoms with van der Waals surface area (Å²) in [4.78, 5) is 12.4. The lowest BCUT2D eigenvalue weighted by atomic mass is 9.64. The number of carbonyl (C=O) groups excluding carboxylic acids is 1. The first-order valence-electron chi connectivity index (χ1n) is 6.71. The highest BCUT2D eigenvalue weighted by molar-refractivity contribution is 5.85. The number of hydrogen-bond donors (Lipinski definition) is 2. The topological polar surface area (TPSA) is 55.1 Å². The Hall–Kier alpha value is -1.06. The third-order valence-electron chi connectivity index (χ3n) is 3.91. The van der Waals surface area contributed by atoms with E-state index in [1.54, 1.807) is 0 Å². The third kappa shape index (κ3) is 3.71. The van der Waals surface area contributed by atoms with Crippen LogP contribution in [0.2, 0.25) is 0 Å². The van der Waals surface area contributed by atoms with E-state index in [1.165, 1.54) is 5.56 Å². The average molecular weight is 283 g/mol. The van der Waals surface area contributed by atoms with Gasteiger partial charge in [0.1, 0.15) is 0 Å². The van der Waals surface area contributed by atoms with E-state index in [1.807, 2.05) is 25.1 Å².